The molecule has 0 aliphatic carbocycles. The molecule has 0 saturated heterocycles. The van der Waals surface area contributed by atoms with E-state index in [-0.39, 0.29) is 13.2 Å². The van der Waals surface area contributed by atoms with Crippen molar-refractivity contribution in [3.05, 3.63) is 16.6 Å². The Morgan fingerprint density at radius 2 is 2.15 bits per heavy atom. The predicted molar refractivity (Wildman–Crippen MR) is 52.7 cm³/mol. The number of rotatable bonds is 5. The van der Waals surface area contributed by atoms with E-state index in [0.29, 0.717) is 6.42 Å². The van der Waals surface area contributed by atoms with Crippen LogP contribution >= 0.6 is 11.3 Å². The standard InChI is InChI=1S/C9H15NO2S/c1-2-9(5-11,6-12)3-8-4-13-7-10-8/h4,7,11-12H,2-3,5-6H2,1H3. The van der Waals surface area contributed by atoms with Gasteiger partial charge in [0.25, 0.3) is 0 Å². The van der Waals surface area contributed by atoms with Crippen molar-refractivity contribution in [2.75, 3.05) is 13.2 Å². The molecule has 3 nitrogen and oxygen atoms in total. The normalized spacial score (nSPS) is 11.9. The number of aromatic nitrogens is 1. The third kappa shape index (κ3) is 2.49. The predicted octanol–water partition coefficient (Wildman–Crippen LogP) is 1.07. The zero-order chi connectivity index (χ0) is 9.73. The zero-order valence-corrected chi connectivity index (χ0v) is 8.55. The van der Waals surface area contributed by atoms with Crippen molar-refractivity contribution < 1.29 is 10.2 Å². The van der Waals surface area contributed by atoms with E-state index in [1.165, 1.54) is 11.3 Å². The largest absolute Gasteiger partial charge is 0.396 e. The van der Waals surface area contributed by atoms with E-state index in [9.17, 15) is 10.2 Å². The van der Waals surface area contributed by atoms with Gasteiger partial charge in [-0.2, -0.15) is 0 Å². The summed E-state index contributed by atoms with van der Waals surface area (Å²) >= 11 is 1.54. The minimum atomic E-state index is -0.395. The molecule has 1 rings (SSSR count). The van der Waals surface area contributed by atoms with Crippen molar-refractivity contribution in [1.29, 1.82) is 0 Å². The lowest BCUT2D eigenvalue weighted by molar-refractivity contribution is 0.0507. The van der Waals surface area contributed by atoms with Crippen molar-refractivity contribution in [1.82, 2.24) is 4.98 Å². The Labute approximate surface area is 82.1 Å². The molecule has 4 heteroatoms. The number of hydrogen-bond acceptors (Lipinski definition) is 4. The van der Waals surface area contributed by atoms with Crippen molar-refractivity contribution >= 4 is 11.3 Å². The van der Waals surface area contributed by atoms with Crippen LogP contribution in [0.3, 0.4) is 0 Å². The summed E-state index contributed by atoms with van der Waals surface area (Å²) in [6.07, 6.45) is 1.41. The molecule has 13 heavy (non-hydrogen) atoms. The first-order valence-corrected chi connectivity index (χ1v) is 5.29. The SMILES string of the molecule is CCC(CO)(CO)Cc1cscn1. The molecule has 1 aromatic heterocycles. The Morgan fingerprint density at radius 1 is 1.46 bits per heavy atom. The highest BCUT2D eigenvalue weighted by molar-refractivity contribution is 7.07. The highest BCUT2D eigenvalue weighted by atomic mass is 32.1. The van der Waals surface area contributed by atoms with Gasteiger partial charge in [0.2, 0.25) is 0 Å². The fourth-order valence-electron chi connectivity index (χ4n) is 1.22. The van der Waals surface area contributed by atoms with Gasteiger partial charge < -0.3 is 10.2 Å². The molecule has 1 aromatic rings. The van der Waals surface area contributed by atoms with E-state index in [1.807, 2.05) is 12.3 Å². The lowest BCUT2D eigenvalue weighted by Crippen LogP contribution is -2.31. The summed E-state index contributed by atoms with van der Waals surface area (Å²) in [5.41, 5.74) is 2.33. The van der Waals surface area contributed by atoms with E-state index >= 15 is 0 Å². The second-order valence-electron chi connectivity index (χ2n) is 3.33. The Hall–Kier alpha value is -0.450. The first-order valence-electron chi connectivity index (χ1n) is 4.35. The smallest absolute Gasteiger partial charge is 0.0794 e. The van der Waals surface area contributed by atoms with Gasteiger partial charge in [-0.05, 0) is 6.42 Å². The maximum absolute atomic E-state index is 9.19. The fourth-order valence-corrected chi connectivity index (χ4v) is 1.78. The van der Waals surface area contributed by atoms with Crippen LogP contribution in [0.2, 0.25) is 0 Å². The van der Waals surface area contributed by atoms with Crippen LogP contribution in [0.25, 0.3) is 0 Å². The summed E-state index contributed by atoms with van der Waals surface area (Å²) in [7, 11) is 0. The Morgan fingerprint density at radius 3 is 2.54 bits per heavy atom. The molecule has 0 fully saturated rings. The van der Waals surface area contributed by atoms with Gasteiger partial charge in [0.15, 0.2) is 0 Å². The number of nitrogens with zero attached hydrogens (tertiary/aromatic N) is 1. The molecule has 0 saturated carbocycles. The summed E-state index contributed by atoms with van der Waals surface area (Å²) < 4.78 is 0. The topological polar surface area (TPSA) is 53.4 Å². The van der Waals surface area contributed by atoms with Crippen LogP contribution in [-0.4, -0.2) is 28.4 Å². The van der Waals surface area contributed by atoms with Gasteiger partial charge in [0.05, 0.1) is 24.4 Å². The van der Waals surface area contributed by atoms with Crippen molar-refractivity contribution in [3.63, 3.8) is 0 Å². The number of thiazole rings is 1. The molecule has 0 aromatic carbocycles. The highest BCUT2D eigenvalue weighted by Crippen LogP contribution is 2.25. The fraction of sp³-hybridized carbons (Fsp3) is 0.667. The summed E-state index contributed by atoms with van der Waals surface area (Å²) in [6, 6.07) is 0. The molecule has 0 amide bonds. The number of aliphatic hydroxyl groups is 2. The van der Waals surface area contributed by atoms with Crippen LogP contribution in [-0.2, 0) is 6.42 Å². The Bertz CT molecular complexity index is 224. The number of hydrogen-bond donors (Lipinski definition) is 2. The van der Waals surface area contributed by atoms with Gasteiger partial charge in [-0.3, -0.25) is 0 Å². The molecule has 0 bridgehead atoms. The average molecular weight is 201 g/mol. The third-order valence-corrected chi connectivity index (χ3v) is 3.10. The van der Waals surface area contributed by atoms with Gasteiger partial charge in [-0.15, -0.1) is 11.3 Å². The van der Waals surface area contributed by atoms with Crippen molar-refractivity contribution in [3.8, 4) is 0 Å². The van der Waals surface area contributed by atoms with Crippen LogP contribution in [0.4, 0.5) is 0 Å². The monoisotopic (exact) mass is 201 g/mol. The second-order valence-corrected chi connectivity index (χ2v) is 4.05. The van der Waals surface area contributed by atoms with Crippen LogP contribution in [0.5, 0.6) is 0 Å². The summed E-state index contributed by atoms with van der Waals surface area (Å²) in [4.78, 5) is 4.14. The summed E-state index contributed by atoms with van der Waals surface area (Å²) in [5.74, 6) is 0. The van der Waals surface area contributed by atoms with Gasteiger partial charge in [-0.25, -0.2) is 4.98 Å². The summed E-state index contributed by atoms with van der Waals surface area (Å²) in [5, 5.41) is 20.3. The highest BCUT2D eigenvalue weighted by Gasteiger charge is 2.27. The van der Waals surface area contributed by atoms with E-state index < -0.39 is 5.41 Å². The van der Waals surface area contributed by atoms with Crippen molar-refractivity contribution in [2.24, 2.45) is 5.41 Å². The molecular formula is C9H15NO2S. The number of aliphatic hydroxyl groups excluding tert-OH is 2. The maximum Gasteiger partial charge on any atom is 0.0794 e. The minimum absolute atomic E-state index is 0.0114. The van der Waals surface area contributed by atoms with Crippen LogP contribution in [0.1, 0.15) is 19.0 Å². The van der Waals surface area contributed by atoms with E-state index in [2.05, 4.69) is 4.98 Å². The first kappa shape index (κ1) is 10.6. The van der Waals surface area contributed by atoms with E-state index in [1.54, 1.807) is 5.51 Å². The molecule has 0 aliphatic rings. The second kappa shape index (κ2) is 4.69. The maximum atomic E-state index is 9.19. The Balaban J connectivity index is 2.67. The molecule has 0 atom stereocenters. The van der Waals surface area contributed by atoms with Gasteiger partial charge in [0, 0.05) is 17.2 Å². The molecule has 2 N–H and O–H groups in total. The lowest BCUT2D eigenvalue weighted by atomic mass is 9.82. The Kier molecular flexibility index (Phi) is 3.84. The molecular weight excluding hydrogens is 186 g/mol. The van der Waals surface area contributed by atoms with E-state index in [4.69, 9.17) is 0 Å². The molecule has 0 spiro atoms. The quantitative estimate of drug-likeness (QED) is 0.749. The average Bonchev–Trinajstić information content (AvgIpc) is 2.67. The first-order chi connectivity index (χ1) is 6.26. The third-order valence-electron chi connectivity index (χ3n) is 2.46. The van der Waals surface area contributed by atoms with Crippen LogP contribution in [0.15, 0.2) is 10.9 Å². The van der Waals surface area contributed by atoms with Crippen molar-refractivity contribution in [2.45, 2.75) is 19.8 Å². The molecule has 0 radical (unpaired) electrons. The molecule has 1 heterocycles. The van der Waals surface area contributed by atoms with Gasteiger partial charge in [0.1, 0.15) is 0 Å². The van der Waals surface area contributed by atoms with E-state index in [0.717, 1.165) is 12.1 Å². The minimum Gasteiger partial charge on any atom is -0.396 e. The van der Waals surface area contributed by atoms with Crippen LogP contribution < -0.4 is 0 Å². The van der Waals surface area contributed by atoms with Gasteiger partial charge in [-0.1, -0.05) is 6.92 Å². The van der Waals surface area contributed by atoms with Gasteiger partial charge >= 0.3 is 0 Å². The molecule has 0 aliphatic heterocycles. The molecule has 74 valence electrons. The zero-order valence-electron chi connectivity index (χ0n) is 7.73. The summed E-state index contributed by atoms with van der Waals surface area (Å²) in [6.45, 7) is 1.99. The van der Waals surface area contributed by atoms with Crippen LogP contribution in [0, 0.1) is 5.41 Å². The lowest BCUT2D eigenvalue weighted by Gasteiger charge is -2.27. The molecule has 0 unspecified atom stereocenters.